The molecule has 0 spiro atoms. The van der Waals surface area contributed by atoms with Gasteiger partial charge in [-0.05, 0) is 23.3 Å². The van der Waals surface area contributed by atoms with Crippen LogP contribution < -0.4 is 0 Å². The highest BCUT2D eigenvalue weighted by Crippen LogP contribution is 2.29. The molecule has 0 bridgehead atoms. The summed E-state index contributed by atoms with van der Waals surface area (Å²) < 4.78 is 62.5. The second kappa shape index (κ2) is 9.84. The molecule has 2 aromatic heterocycles. The lowest BCUT2D eigenvalue weighted by Gasteiger charge is -2.01. The molecule has 0 unspecified atom stereocenters. The molecule has 0 amide bonds. The quantitative estimate of drug-likeness (QED) is 0.225. The van der Waals surface area contributed by atoms with Crippen molar-refractivity contribution in [1.82, 2.24) is 19.9 Å². The standard InChI is InChI=1S/2C13H10N2O3S/c2*16-19(17,18)13-14-11-8-4-7-10(12(11)15-13)9-5-2-1-3-6-9/h2*1-8H,(H,14,15)(H,16,17,18). The van der Waals surface area contributed by atoms with Crippen molar-refractivity contribution in [3.05, 3.63) is 97.1 Å². The van der Waals surface area contributed by atoms with Gasteiger partial charge in [0, 0.05) is 11.1 Å². The van der Waals surface area contributed by atoms with E-state index in [1.54, 1.807) is 24.3 Å². The van der Waals surface area contributed by atoms with E-state index in [1.165, 1.54) is 0 Å². The van der Waals surface area contributed by atoms with Crippen molar-refractivity contribution >= 4 is 42.3 Å². The summed E-state index contributed by atoms with van der Waals surface area (Å²) in [5.41, 5.74) is 5.64. The van der Waals surface area contributed by atoms with E-state index in [0.29, 0.717) is 22.1 Å². The predicted molar refractivity (Wildman–Crippen MR) is 143 cm³/mol. The van der Waals surface area contributed by atoms with Crippen LogP contribution in [0.3, 0.4) is 0 Å². The van der Waals surface area contributed by atoms with Gasteiger partial charge in [-0.25, -0.2) is 9.97 Å². The fourth-order valence-electron chi connectivity index (χ4n) is 3.96. The second-order valence-electron chi connectivity index (χ2n) is 8.17. The first-order valence-electron chi connectivity index (χ1n) is 11.1. The van der Waals surface area contributed by atoms with Gasteiger partial charge in [-0.3, -0.25) is 9.11 Å². The monoisotopic (exact) mass is 548 g/mol. The maximum absolute atomic E-state index is 11.1. The van der Waals surface area contributed by atoms with Crippen LogP contribution in [0, 0.1) is 0 Å². The zero-order valence-electron chi connectivity index (χ0n) is 19.5. The molecule has 0 saturated carbocycles. The lowest BCUT2D eigenvalue weighted by Crippen LogP contribution is -1.99. The normalized spacial score (nSPS) is 11.8. The van der Waals surface area contributed by atoms with Crippen LogP contribution in [-0.2, 0) is 20.2 Å². The van der Waals surface area contributed by atoms with Gasteiger partial charge >= 0.3 is 20.2 Å². The first kappa shape index (κ1) is 25.3. The molecule has 12 heteroatoms. The highest BCUT2D eigenvalue weighted by atomic mass is 32.2. The molecule has 2 heterocycles. The lowest BCUT2D eigenvalue weighted by molar-refractivity contribution is 0.474. The summed E-state index contributed by atoms with van der Waals surface area (Å²) in [6, 6.07) is 29.8. The number of aromatic amines is 2. The molecule has 0 aliphatic heterocycles. The summed E-state index contributed by atoms with van der Waals surface area (Å²) in [5.74, 6) is 0. The average Bonchev–Trinajstić information content (AvgIpc) is 3.55. The van der Waals surface area contributed by atoms with E-state index in [4.69, 9.17) is 9.11 Å². The number of hydrogen-bond acceptors (Lipinski definition) is 6. The fourth-order valence-corrected chi connectivity index (χ4v) is 4.86. The number of H-pyrrole nitrogens is 2. The number of benzene rings is 4. The molecule has 0 aliphatic rings. The Morgan fingerprint density at radius 3 is 1.21 bits per heavy atom. The van der Waals surface area contributed by atoms with Crippen molar-refractivity contribution in [1.29, 1.82) is 0 Å². The van der Waals surface area contributed by atoms with Crippen LogP contribution in [0.4, 0.5) is 0 Å². The highest BCUT2D eigenvalue weighted by Gasteiger charge is 2.18. The number of rotatable bonds is 4. The Morgan fingerprint density at radius 2 is 0.868 bits per heavy atom. The second-order valence-corrected chi connectivity index (χ2v) is 10.8. The minimum absolute atomic E-state index is 0.439. The van der Waals surface area contributed by atoms with E-state index in [9.17, 15) is 16.8 Å². The Hall–Kier alpha value is -4.36. The van der Waals surface area contributed by atoms with E-state index >= 15 is 0 Å². The van der Waals surface area contributed by atoms with Crippen molar-refractivity contribution in [2.24, 2.45) is 0 Å². The van der Waals surface area contributed by atoms with E-state index < -0.39 is 30.5 Å². The molecule has 4 N–H and O–H groups in total. The van der Waals surface area contributed by atoms with Crippen LogP contribution in [-0.4, -0.2) is 45.9 Å². The fraction of sp³-hybridized carbons (Fsp3) is 0. The number of aromatic nitrogens is 4. The van der Waals surface area contributed by atoms with Gasteiger partial charge in [-0.15, -0.1) is 0 Å². The summed E-state index contributed by atoms with van der Waals surface area (Å²) >= 11 is 0. The minimum atomic E-state index is -4.33. The van der Waals surface area contributed by atoms with Gasteiger partial charge in [-0.1, -0.05) is 84.9 Å². The Morgan fingerprint density at radius 1 is 0.500 bits per heavy atom. The third-order valence-electron chi connectivity index (χ3n) is 5.64. The van der Waals surface area contributed by atoms with Gasteiger partial charge < -0.3 is 9.97 Å². The number of para-hydroxylation sites is 2. The predicted octanol–water partition coefficient (Wildman–Crippen LogP) is 4.95. The SMILES string of the molecule is O=S(=O)(O)c1nc2c(-c3ccccc3)cccc2[nH]1.O=S(=O)(O)c1nc2c(-c3ccccc3)cccc2[nH]1. The van der Waals surface area contributed by atoms with Crippen LogP contribution >= 0.6 is 0 Å². The van der Waals surface area contributed by atoms with E-state index in [2.05, 4.69) is 19.9 Å². The van der Waals surface area contributed by atoms with Crippen molar-refractivity contribution in [3.63, 3.8) is 0 Å². The number of nitrogens with zero attached hydrogens (tertiary/aromatic N) is 2. The number of imidazole rings is 2. The van der Waals surface area contributed by atoms with Gasteiger partial charge in [0.1, 0.15) is 0 Å². The Kier molecular flexibility index (Phi) is 6.55. The van der Waals surface area contributed by atoms with E-state index in [1.807, 2.05) is 72.8 Å². The van der Waals surface area contributed by atoms with Crippen molar-refractivity contribution < 1.29 is 25.9 Å². The molecule has 10 nitrogen and oxygen atoms in total. The molecule has 0 fully saturated rings. The number of fused-ring (bicyclic) bond motifs is 2. The average molecular weight is 549 g/mol. The maximum atomic E-state index is 11.1. The minimum Gasteiger partial charge on any atom is -0.327 e. The smallest absolute Gasteiger partial charge is 0.327 e. The van der Waals surface area contributed by atoms with Gasteiger partial charge in [0.2, 0.25) is 0 Å². The molecule has 6 aromatic rings. The van der Waals surface area contributed by atoms with E-state index in [-0.39, 0.29) is 0 Å². The van der Waals surface area contributed by atoms with E-state index in [0.717, 1.165) is 22.3 Å². The van der Waals surface area contributed by atoms with Crippen molar-refractivity contribution in [2.45, 2.75) is 10.3 Å². The van der Waals surface area contributed by atoms with Gasteiger partial charge in [-0.2, -0.15) is 16.8 Å². The lowest BCUT2D eigenvalue weighted by atomic mass is 10.0. The summed E-state index contributed by atoms with van der Waals surface area (Å²) in [7, 11) is -8.66. The summed E-state index contributed by atoms with van der Waals surface area (Å²) in [6.07, 6.45) is 0. The third-order valence-corrected chi connectivity index (χ3v) is 7.00. The van der Waals surface area contributed by atoms with Gasteiger partial charge in [0.25, 0.3) is 10.3 Å². The number of hydrogen-bond donors (Lipinski definition) is 4. The molecule has 4 aromatic carbocycles. The molecule has 6 rings (SSSR count). The third kappa shape index (κ3) is 5.19. The van der Waals surface area contributed by atoms with Crippen LogP contribution in [0.5, 0.6) is 0 Å². The molecular formula is C26H20N4O6S2. The summed E-state index contributed by atoms with van der Waals surface area (Å²) in [6.45, 7) is 0. The van der Waals surface area contributed by atoms with Crippen LogP contribution in [0.2, 0.25) is 0 Å². The molecular weight excluding hydrogens is 528 g/mol. The summed E-state index contributed by atoms with van der Waals surface area (Å²) in [4.78, 5) is 13.1. The molecule has 0 saturated heterocycles. The van der Waals surface area contributed by atoms with Crippen LogP contribution in [0.25, 0.3) is 44.3 Å². The highest BCUT2D eigenvalue weighted by molar-refractivity contribution is 7.85. The zero-order chi connectivity index (χ0) is 26.9. The largest absolute Gasteiger partial charge is 0.328 e. The Bertz CT molecular complexity index is 1820. The Labute approximate surface area is 217 Å². The molecule has 0 atom stereocenters. The zero-order valence-corrected chi connectivity index (χ0v) is 21.1. The Balaban J connectivity index is 0.000000155. The first-order valence-corrected chi connectivity index (χ1v) is 14.0. The van der Waals surface area contributed by atoms with Gasteiger partial charge in [0.05, 0.1) is 22.1 Å². The first-order chi connectivity index (χ1) is 18.1. The number of nitrogens with one attached hydrogen (secondary N) is 2. The maximum Gasteiger partial charge on any atom is 0.328 e. The molecule has 0 aliphatic carbocycles. The van der Waals surface area contributed by atoms with Crippen LogP contribution in [0.1, 0.15) is 0 Å². The van der Waals surface area contributed by atoms with Crippen molar-refractivity contribution in [2.75, 3.05) is 0 Å². The topological polar surface area (TPSA) is 166 Å². The molecule has 38 heavy (non-hydrogen) atoms. The van der Waals surface area contributed by atoms with Crippen molar-refractivity contribution in [3.8, 4) is 22.3 Å². The summed E-state index contributed by atoms with van der Waals surface area (Å²) in [5, 5.41) is -0.878. The molecule has 0 radical (unpaired) electrons. The van der Waals surface area contributed by atoms with Gasteiger partial charge in [0.15, 0.2) is 0 Å². The molecule has 192 valence electrons. The van der Waals surface area contributed by atoms with Crippen LogP contribution in [0.15, 0.2) is 107 Å².